The third kappa shape index (κ3) is 4.54. The Labute approximate surface area is 239 Å². The van der Waals surface area contributed by atoms with Crippen LogP contribution in [0.4, 0.5) is 5.69 Å². The molecule has 1 aliphatic carbocycles. The van der Waals surface area contributed by atoms with Crippen molar-refractivity contribution < 1.29 is 27.7 Å². The summed E-state index contributed by atoms with van der Waals surface area (Å²) in [6.45, 7) is 1.59. The zero-order valence-corrected chi connectivity index (χ0v) is 23.2. The van der Waals surface area contributed by atoms with Crippen molar-refractivity contribution in [2.75, 3.05) is 18.1 Å². The number of nitrogens with zero attached hydrogens (tertiary/aromatic N) is 5. The molecule has 0 spiro atoms. The summed E-state index contributed by atoms with van der Waals surface area (Å²) in [4.78, 5) is 14.4. The number of fused-ring (bicyclic) bond motifs is 3. The number of aliphatic hydroxyl groups excluding tert-OH is 1. The highest BCUT2D eigenvalue weighted by molar-refractivity contribution is 7.87. The first-order valence-electron chi connectivity index (χ1n) is 13.4. The highest BCUT2D eigenvalue weighted by atomic mass is 35.5. The summed E-state index contributed by atoms with van der Waals surface area (Å²) < 4.78 is 45.9. The number of halogens is 1. The Kier molecular flexibility index (Phi) is 5.82. The van der Waals surface area contributed by atoms with Gasteiger partial charge in [0.2, 0.25) is 0 Å². The first-order valence-corrected chi connectivity index (χ1v) is 15.2. The number of nitrogens with one attached hydrogen (secondary N) is 2. The number of aromatic amines is 1. The van der Waals surface area contributed by atoms with Crippen LogP contribution in [0.2, 0.25) is 5.02 Å². The third-order valence-electron chi connectivity index (χ3n) is 7.85. The highest BCUT2D eigenvalue weighted by Gasteiger charge is 2.48. The molecule has 3 fully saturated rings. The number of aromatic nitrogens is 5. The molecule has 1 saturated carbocycles. The molecule has 0 amide bonds. The Morgan fingerprint density at radius 2 is 1.90 bits per heavy atom. The average Bonchev–Trinajstić information content (AvgIpc) is 3.36. The van der Waals surface area contributed by atoms with E-state index in [0.29, 0.717) is 41.6 Å². The number of anilines is 1. The van der Waals surface area contributed by atoms with Crippen LogP contribution in [0.15, 0.2) is 36.5 Å². The van der Waals surface area contributed by atoms with Gasteiger partial charge in [0.15, 0.2) is 11.8 Å². The number of imidazole rings is 1. The Morgan fingerprint density at radius 3 is 2.68 bits per heavy atom. The van der Waals surface area contributed by atoms with Crippen LogP contribution in [0.5, 0.6) is 6.01 Å². The van der Waals surface area contributed by atoms with E-state index in [1.54, 1.807) is 12.3 Å². The van der Waals surface area contributed by atoms with Gasteiger partial charge in [0.25, 0.3) is 6.01 Å². The van der Waals surface area contributed by atoms with Gasteiger partial charge in [-0.15, -0.1) is 0 Å². The quantitative estimate of drug-likeness (QED) is 0.286. The molecule has 8 rings (SSSR count). The Hall–Kier alpha value is -3.27. The minimum Gasteiger partial charge on any atom is -0.456 e. The van der Waals surface area contributed by atoms with Crippen molar-refractivity contribution in [3.8, 4) is 17.3 Å². The van der Waals surface area contributed by atoms with Gasteiger partial charge in [-0.3, -0.25) is 0 Å². The lowest BCUT2D eigenvalue weighted by Crippen LogP contribution is -2.34. The molecule has 41 heavy (non-hydrogen) atoms. The summed E-state index contributed by atoms with van der Waals surface area (Å²) in [6.07, 6.45) is 1.55. The number of hydrogen-bond acceptors (Lipinski definition) is 10. The normalized spacial score (nSPS) is 25.7. The molecular weight excluding hydrogens is 574 g/mol. The smallest absolute Gasteiger partial charge is 0.320 e. The van der Waals surface area contributed by atoms with Crippen molar-refractivity contribution in [3.63, 3.8) is 0 Å². The molecule has 4 atom stereocenters. The first kappa shape index (κ1) is 25.4. The summed E-state index contributed by atoms with van der Waals surface area (Å²) in [6, 6.07) is 9.92. The molecule has 3 N–H and O–H groups in total. The molecule has 0 unspecified atom stereocenters. The van der Waals surface area contributed by atoms with Gasteiger partial charge in [-0.25, -0.2) is 4.98 Å². The number of H-pyrrole nitrogens is 1. The van der Waals surface area contributed by atoms with E-state index in [2.05, 4.69) is 29.7 Å². The van der Waals surface area contributed by atoms with Gasteiger partial charge in [0, 0.05) is 35.6 Å². The summed E-state index contributed by atoms with van der Waals surface area (Å²) >= 11 is 6.61. The lowest BCUT2D eigenvalue weighted by molar-refractivity contribution is 0.00706. The van der Waals surface area contributed by atoms with Gasteiger partial charge in [-0.05, 0) is 31.0 Å². The minimum absolute atomic E-state index is 0.0267. The average molecular weight is 600 g/mol. The van der Waals surface area contributed by atoms with E-state index >= 15 is 0 Å². The lowest BCUT2D eigenvalue weighted by Gasteiger charge is -2.18. The van der Waals surface area contributed by atoms with Crippen LogP contribution >= 0.6 is 11.6 Å². The molecule has 13 nitrogen and oxygen atoms in total. The van der Waals surface area contributed by atoms with Crippen LogP contribution in [-0.4, -0.2) is 81.3 Å². The molecule has 15 heteroatoms. The van der Waals surface area contributed by atoms with Gasteiger partial charge in [-0.2, -0.15) is 27.3 Å². The van der Waals surface area contributed by atoms with E-state index < -0.39 is 22.4 Å². The van der Waals surface area contributed by atoms with E-state index in [1.807, 2.05) is 24.3 Å². The number of rotatable bonds is 7. The van der Waals surface area contributed by atoms with Crippen LogP contribution in [0, 0.1) is 0 Å². The predicted molar refractivity (Wildman–Crippen MR) is 147 cm³/mol. The number of hydrogen-bond donors (Lipinski definition) is 3. The number of benzene rings is 1. The SMILES string of the molecule is O=S(=O)(NC1CC1)n1cc2c(n1)CN(c1ccc(-c3nc4nc(O[C@@H]5CO[C@H]6[C@@H]5OC[C@H]6O)[nH]c4cc3Cl)cc1)C2. The molecule has 4 aromatic rings. The van der Waals surface area contributed by atoms with E-state index in [-0.39, 0.29) is 30.9 Å². The second-order valence-corrected chi connectivity index (χ2v) is 12.8. The topological polar surface area (TPSA) is 157 Å². The monoisotopic (exact) mass is 599 g/mol. The number of aliphatic hydroxyl groups is 1. The van der Waals surface area contributed by atoms with Crippen molar-refractivity contribution in [1.29, 1.82) is 0 Å². The van der Waals surface area contributed by atoms with E-state index in [4.69, 9.17) is 25.8 Å². The Balaban J connectivity index is 0.972. The van der Waals surface area contributed by atoms with Gasteiger partial charge in [0.05, 0.1) is 41.7 Å². The molecule has 4 aliphatic rings. The van der Waals surface area contributed by atoms with Crippen molar-refractivity contribution in [2.45, 2.75) is 56.4 Å². The van der Waals surface area contributed by atoms with Crippen LogP contribution < -0.4 is 14.4 Å². The summed E-state index contributed by atoms with van der Waals surface area (Å²) in [5.74, 6) is 0. The molecular formula is C26H26ClN7O6S. The lowest BCUT2D eigenvalue weighted by atomic mass is 10.1. The molecule has 0 bridgehead atoms. The highest BCUT2D eigenvalue weighted by Crippen LogP contribution is 2.34. The van der Waals surface area contributed by atoms with Crippen LogP contribution in [0.3, 0.4) is 0 Å². The van der Waals surface area contributed by atoms with Gasteiger partial charge in [0.1, 0.15) is 18.3 Å². The van der Waals surface area contributed by atoms with E-state index in [1.165, 1.54) is 0 Å². The van der Waals surface area contributed by atoms with Crippen molar-refractivity contribution >= 4 is 38.7 Å². The first-order chi connectivity index (χ1) is 19.8. The standard InChI is InChI=1S/C26H26ClN7O6S/c27-17-7-18-25(30-26(28-18)40-21-12-39-23-20(35)11-38-24(21)23)29-22(17)13-1-5-16(6-2-13)33-8-14-9-34(31-19(14)10-33)41(36,37)32-15-3-4-15/h1-2,5-7,9,15,20-21,23-24,32,35H,3-4,8,10-12H2,(H,28,29,30)/t20-,21-,23-,24-/m1/s1. The molecule has 3 aliphatic heterocycles. The zero-order chi connectivity index (χ0) is 27.9. The maximum absolute atomic E-state index is 12.5. The van der Waals surface area contributed by atoms with Crippen LogP contribution in [0.25, 0.3) is 22.4 Å². The molecule has 6 heterocycles. The van der Waals surface area contributed by atoms with E-state index in [9.17, 15) is 13.5 Å². The summed E-state index contributed by atoms with van der Waals surface area (Å²) in [7, 11) is -3.64. The Morgan fingerprint density at radius 1 is 1.10 bits per heavy atom. The fourth-order valence-corrected chi connectivity index (χ4v) is 7.07. The van der Waals surface area contributed by atoms with Gasteiger partial charge in [-0.1, -0.05) is 23.7 Å². The van der Waals surface area contributed by atoms with Crippen molar-refractivity contribution in [1.82, 2.24) is 28.9 Å². The molecule has 1 aromatic carbocycles. The van der Waals surface area contributed by atoms with Crippen molar-refractivity contribution in [2.24, 2.45) is 0 Å². The molecule has 214 valence electrons. The second-order valence-electron chi connectivity index (χ2n) is 10.8. The second kappa shape index (κ2) is 9.37. The van der Waals surface area contributed by atoms with Crippen LogP contribution in [-0.2, 0) is 32.8 Å². The zero-order valence-electron chi connectivity index (χ0n) is 21.6. The maximum atomic E-state index is 12.5. The van der Waals surface area contributed by atoms with E-state index in [0.717, 1.165) is 39.4 Å². The molecule has 3 aromatic heterocycles. The largest absolute Gasteiger partial charge is 0.456 e. The minimum atomic E-state index is -3.64. The maximum Gasteiger partial charge on any atom is 0.320 e. The van der Waals surface area contributed by atoms with Gasteiger partial charge < -0.3 is 29.2 Å². The summed E-state index contributed by atoms with van der Waals surface area (Å²) in [5.41, 5.74) is 5.11. The third-order valence-corrected chi connectivity index (χ3v) is 9.45. The number of ether oxygens (including phenoxy) is 3. The van der Waals surface area contributed by atoms with Gasteiger partial charge >= 0.3 is 10.2 Å². The number of pyridine rings is 1. The molecule has 2 saturated heterocycles. The predicted octanol–water partition coefficient (Wildman–Crippen LogP) is 1.75. The van der Waals surface area contributed by atoms with Crippen molar-refractivity contribution in [3.05, 3.63) is 52.8 Å². The fraction of sp³-hybridized carbons (Fsp3) is 0.423. The molecule has 0 radical (unpaired) electrons. The van der Waals surface area contributed by atoms with Crippen LogP contribution in [0.1, 0.15) is 24.1 Å². The Bertz CT molecular complexity index is 1730. The fourth-order valence-electron chi connectivity index (χ4n) is 5.57. The summed E-state index contributed by atoms with van der Waals surface area (Å²) in [5, 5.41) is 14.7.